The highest BCUT2D eigenvalue weighted by molar-refractivity contribution is 5.89. The zero-order valence-electron chi connectivity index (χ0n) is 26.8. The fraction of sp³-hybridized carbons (Fsp3) is 0.875. The fourth-order valence-electron chi connectivity index (χ4n) is 5.56. The zero-order valence-corrected chi connectivity index (χ0v) is 26.8. The van der Waals surface area contributed by atoms with Crippen LogP contribution in [-0.2, 0) is 9.53 Å². The molecular formula is C32H63NO3. The quantitative estimate of drug-likeness (QED) is 0.405. The number of Topliss-reactive ketones (excluding diaryl/α,β-unsaturated/α-hetero) is 1. The Morgan fingerprint density at radius 2 is 1.47 bits per heavy atom. The van der Waals surface area contributed by atoms with Crippen molar-refractivity contribution in [3.63, 3.8) is 0 Å². The summed E-state index contributed by atoms with van der Waals surface area (Å²) in [5, 5.41) is 11.4. The van der Waals surface area contributed by atoms with Gasteiger partial charge >= 0.3 is 0 Å². The number of ketones is 1. The maximum absolute atomic E-state index is 13.2. The van der Waals surface area contributed by atoms with E-state index in [9.17, 15) is 9.90 Å². The van der Waals surface area contributed by atoms with Crippen molar-refractivity contribution in [1.29, 1.82) is 0 Å². The van der Waals surface area contributed by atoms with Crippen LogP contribution in [0.25, 0.3) is 0 Å². The molecular weight excluding hydrogens is 446 g/mol. The molecule has 4 nitrogen and oxygen atoms in total. The van der Waals surface area contributed by atoms with Crippen LogP contribution >= 0.6 is 0 Å². The number of rotatable bonds is 2. The summed E-state index contributed by atoms with van der Waals surface area (Å²) in [6.07, 6.45) is 2.67. The Balaban J connectivity index is 0. The lowest BCUT2D eigenvalue weighted by atomic mass is 9.67. The SMILES string of the molecule is C=C1O[C@H](CC)C(C)(C)C(O)C(C)C(=NC)[C@H](C)C[C@@](C)(CC)C[C@@H](C)C(=O)C1C.CC.CC(C)C. The van der Waals surface area contributed by atoms with Crippen LogP contribution in [0.1, 0.15) is 123 Å². The number of aliphatic hydroxyl groups excluding tert-OH is 1. The second-order valence-corrected chi connectivity index (χ2v) is 12.4. The van der Waals surface area contributed by atoms with Gasteiger partial charge in [-0.3, -0.25) is 9.79 Å². The third kappa shape index (κ3) is 10.7. The normalized spacial score (nSPS) is 35.1. The molecule has 1 aliphatic rings. The Bertz CT molecular complexity index is 678. The molecule has 0 amide bonds. The van der Waals surface area contributed by atoms with Gasteiger partial charge in [0.15, 0.2) is 0 Å². The van der Waals surface area contributed by atoms with Crippen molar-refractivity contribution < 1.29 is 14.6 Å². The molecule has 214 valence electrons. The van der Waals surface area contributed by atoms with Gasteiger partial charge in [0.05, 0.1) is 17.8 Å². The van der Waals surface area contributed by atoms with E-state index in [1.807, 2.05) is 48.6 Å². The van der Waals surface area contributed by atoms with Crippen LogP contribution in [0.15, 0.2) is 17.3 Å². The highest BCUT2D eigenvalue weighted by atomic mass is 16.5. The molecule has 0 spiro atoms. The maximum atomic E-state index is 13.2. The minimum absolute atomic E-state index is 0.0304. The first kappa shape index (κ1) is 37.0. The molecule has 0 saturated carbocycles. The monoisotopic (exact) mass is 509 g/mol. The third-order valence-corrected chi connectivity index (χ3v) is 7.81. The predicted molar refractivity (Wildman–Crippen MR) is 159 cm³/mol. The largest absolute Gasteiger partial charge is 0.494 e. The van der Waals surface area contributed by atoms with Crippen molar-refractivity contribution in [1.82, 2.24) is 0 Å². The van der Waals surface area contributed by atoms with Crippen molar-refractivity contribution in [3.8, 4) is 0 Å². The van der Waals surface area contributed by atoms with E-state index < -0.39 is 11.5 Å². The number of aliphatic hydroxyl groups is 1. The minimum atomic E-state index is -0.614. The van der Waals surface area contributed by atoms with Crippen molar-refractivity contribution in [3.05, 3.63) is 12.3 Å². The van der Waals surface area contributed by atoms with Crippen molar-refractivity contribution in [2.75, 3.05) is 7.05 Å². The summed E-state index contributed by atoms with van der Waals surface area (Å²) in [5.41, 5.74) is 0.565. The molecule has 1 fully saturated rings. The van der Waals surface area contributed by atoms with E-state index in [0.29, 0.717) is 5.76 Å². The first-order valence-electron chi connectivity index (χ1n) is 14.5. The van der Waals surface area contributed by atoms with E-state index in [4.69, 9.17) is 4.74 Å². The van der Waals surface area contributed by atoms with Gasteiger partial charge < -0.3 is 9.84 Å². The molecule has 4 heteroatoms. The van der Waals surface area contributed by atoms with E-state index in [2.05, 4.69) is 67.0 Å². The molecule has 0 aromatic heterocycles. The van der Waals surface area contributed by atoms with E-state index in [0.717, 1.165) is 37.3 Å². The second kappa shape index (κ2) is 16.6. The molecule has 7 atom stereocenters. The highest BCUT2D eigenvalue weighted by Crippen LogP contribution is 2.42. The van der Waals surface area contributed by atoms with Gasteiger partial charge in [-0.1, -0.05) is 103 Å². The Hall–Kier alpha value is -1.16. The topological polar surface area (TPSA) is 58.9 Å². The van der Waals surface area contributed by atoms with Crippen LogP contribution < -0.4 is 0 Å². The summed E-state index contributed by atoms with van der Waals surface area (Å²) in [4.78, 5) is 17.8. The molecule has 36 heavy (non-hydrogen) atoms. The van der Waals surface area contributed by atoms with Gasteiger partial charge in [-0.15, -0.1) is 0 Å². The molecule has 0 aromatic carbocycles. The van der Waals surface area contributed by atoms with Gasteiger partial charge in [0, 0.05) is 30.0 Å². The van der Waals surface area contributed by atoms with Crippen LogP contribution in [0, 0.1) is 40.4 Å². The Labute approximate surface area is 225 Å². The van der Waals surface area contributed by atoms with Crippen LogP contribution in [0.4, 0.5) is 0 Å². The zero-order chi connectivity index (χ0) is 29.0. The number of carbonyl (C=O) groups excluding carboxylic acids is 1. The standard InChI is InChI=1S/C26H47NO3.C4H10.C2H6/c1-12-21-25(8,9)24(29)19(6)22(27-11)16(3)14-26(10,13-2)15-17(4)23(28)18(5)20(7)30-21;1-4(2)3;1-2/h16-19,21,24,29H,7,12-15H2,1-6,8-11H3;4H,1-3H3;1-2H3/t16-,17-,18?,19?,21-,24?,26-;;/m1../s1. The van der Waals surface area contributed by atoms with Crippen LogP contribution in [0.2, 0.25) is 0 Å². The van der Waals surface area contributed by atoms with Gasteiger partial charge in [0.1, 0.15) is 11.9 Å². The Morgan fingerprint density at radius 1 is 1.03 bits per heavy atom. The van der Waals surface area contributed by atoms with Gasteiger partial charge in [0.25, 0.3) is 0 Å². The second-order valence-electron chi connectivity index (χ2n) is 12.4. The number of carbonyl (C=O) groups is 1. The summed E-state index contributed by atoms with van der Waals surface area (Å²) in [6, 6.07) is 0. The predicted octanol–water partition coefficient (Wildman–Crippen LogP) is 8.77. The molecule has 0 bridgehead atoms. The summed E-state index contributed by atoms with van der Waals surface area (Å²) in [6.45, 7) is 33.5. The highest BCUT2D eigenvalue weighted by Gasteiger charge is 2.44. The fourth-order valence-corrected chi connectivity index (χ4v) is 5.56. The summed E-state index contributed by atoms with van der Waals surface area (Å²) in [5.74, 6) is 1.28. The first-order valence-corrected chi connectivity index (χ1v) is 14.5. The molecule has 0 aromatic rings. The average Bonchev–Trinajstić information content (AvgIpc) is 2.81. The van der Waals surface area contributed by atoms with Crippen LogP contribution in [-0.4, -0.2) is 35.9 Å². The van der Waals surface area contributed by atoms with Gasteiger partial charge in [-0.2, -0.15) is 0 Å². The van der Waals surface area contributed by atoms with E-state index in [-0.39, 0.29) is 41.0 Å². The molecule has 3 unspecified atom stereocenters. The number of aliphatic imine (C=N–C) groups is 1. The Morgan fingerprint density at radius 3 is 1.86 bits per heavy atom. The van der Waals surface area contributed by atoms with E-state index >= 15 is 0 Å². The maximum Gasteiger partial charge on any atom is 0.145 e. The molecule has 1 aliphatic heterocycles. The first-order chi connectivity index (χ1) is 16.5. The summed E-state index contributed by atoms with van der Waals surface area (Å²) < 4.78 is 6.27. The summed E-state index contributed by atoms with van der Waals surface area (Å²) in [7, 11) is 1.83. The van der Waals surface area contributed by atoms with Gasteiger partial charge in [0.2, 0.25) is 0 Å². The minimum Gasteiger partial charge on any atom is -0.494 e. The molecule has 1 heterocycles. The van der Waals surface area contributed by atoms with Crippen molar-refractivity contribution in [2.45, 2.75) is 135 Å². The van der Waals surface area contributed by atoms with E-state index in [1.54, 1.807) is 0 Å². The lowest BCUT2D eigenvalue weighted by molar-refractivity contribution is -0.129. The molecule has 0 radical (unpaired) electrons. The Kier molecular flexibility index (Phi) is 17.1. The number of ether oxygens (including phenoxy) is 1. The molecule has 1 saturated heterocycles. The molecule has 0 aliphatic carbocycles. The van der Waals surface area contributed by atoms with E-state index in [1.165, 1.54) is 0 Å². The number of hydrogen-bond acceptors (Lipinski definition) is 4. The average molecular weight is 510 g/mol. The van der Waals surface area contributed by atoms with Gasteiger partial charge in [-0.25, -0.2) is 0 Å². The van der Waals surface area contributed by atoms with Crippen LogP contribution in [0.5, 0.6) is 0 Å². The molecule has 1 rings (SSSR count). The lowest BCUT2D eigenvalue weighted by Gasteiger charge is -2.43. The third-order valence-electron chi connectivity index (χ3n) is 7.81. The van der Waals surface area contributed by atoms with Crippen LogP contribution in [0.3, 0.4) is 0 Å². The number of nitrogens with zero attached hydrogens (tertiary/aromatic N) is 1. The van der Waals surface area contributed by atoms with Crippen molar-refractivity contribution in [2.24, 2.45) is 45.4 Å². The number of allylic oxidation sites excluding steroid dienone is 1. The number of hydrogen-bond donors (Lipinski definition) is 1. The molecule has 1 N–H and O–H groups in total. The summed E-state index contributed by atoms with van der Waals surface area (Å²) >= 11 is 0. The lowest BCUT2D eigenvalue weighted by Crippen LogP contribution is -2.48. The van der Waals surface area contributed by atoms with Crippen molar-refractivity contribution >= 4 is 11.5 Å². The van der Waals surface area contributed by atoms with Gasteiger partial charge in [-0.05, 0) is 43.4 Å². The smallest absolute Gasteiger partial charge is 0.145 e.